The smallest absolute Gasteiger partial charge is 0.0616 e. The maximum Gasteiger partial charge on any atom is 0.0616 e. The molecule has 2 aromatic carbocycles. The van der Waals surface area contributed by atoms with Crippen LogP contribution in [0.5, 0.6) is 0 Å². The average molecular weight is 292 g/mol. The molecule has 1 aliphatic heterocycles. The first kappa shape index (κ1) is 13.0. The van der Waals surface area contributed by atoms with Gasteiger partial charge < -0.3 is 0 Å². The quantitative estimate of drug-likeness (QED) is 0.786. The third-order valence-electron chi connectivity index (χ3n) is 3.64. The van der Waals surface area contributed by atoms with Crippen LogP contribution in [0.1, 0.15) is 23.6 Å². The van der Waals surface area contributed by atoms with Gasteiger partial charge in [-0.15, -0.1) is 0 Å². The first-order chi connectivity index (χ1) is 9.25. The van der Waals surface area contributed by atoms with Crippen LogP contribution in [0.15, 0.2) is 48.5 Å². The van der Waals surface area contributed by atoms with Crippen LogP contribution in [-0.2, 0) is 0 Å². The highest BCUT2D eigenvalue weighted by Gasteiger charge is 2.28. The highest BCUT2D eigenvalue weighted by molar-refractivity contribution is 6.31. The summed E-state index contributed by atoms with van der Waals surface area (Å²) in [5, 5.41) is 1.60. The van der Waals surface area contributed by atoms with E-state index in [1.54, 1.807) is 0 Å². The maximum atomic E-state index is 6.37. The fourth-order valence-electron chi connectivity index (χ4n) is 2.53. The molecular formula is C16H15Cl2N. The first-order valence-corrected chi connectivity index (χ1v) is 7.25. The summed E-state index contributed by atoms with van der Waals surface area (Å²) in [5.74, 6) is 0. The van der Waals surface area contributed by atoms with Crippen LogP contribution in [0.25, 0.3) is 0 Å². The topological polar surface area (TPSA) is 3.24 Å². The number of rotatable bonds is 3. The fourth-order valence-corrected chi connectivity index (χ4v) is 2.89. The average Bonchev–Trinajstić information content (AvgIpc) is 2.36. The predicted molar refractivity (Wildman–Crippen MR) is 80.9 cm³/mol. The molecule has 0 amide bonds. The fraction of sp³-hybridized carbons (Fsp3) is 0.250. The van der Waals surface area contributed by atoms with Gasteiger partial charge in [-0.3, -0.25) is 4.90 Å². The van der Waals surface area contributed by atoms with Gasteiger partial charge in [-0.05, 0) is 35.7 Å². The molecule has 2 aromatic rings. The van der Waals surface area contributed by atoms with E-state index in [0.29, 0.717) is 0 Å². The van der Waals surface area contributed by atoms with Gasteiger partial charge in [0.15, 0.2) is 0 Å². The van der Waals surface area contributed by atoms with Gasteiger partial charge in [0, 0.05) is 23.1 Å². The van der Waals surface area contributed by atoms with E-state index in [1.807, 2.05) is 30.3 Å². The van der Waals surface area contributed by atoms with Crippen molar-refractivity contribution in [3.63, 3.8) is 0 Å². The first-order valence-electron chi connectivity index (χ1n) is 6.49. The summed E-state index contributed by atoms with van der Waals surface area (Å²) >= 11 is 12.4. The van der Waals surface area contributed by atoms with Gasteiger partial charge >= 0.3 is 0 Å². The SMILES string of the molecule is Clc1ccc(C(c2ccccc2Cl)N2CCC2)cc1. The van der Waals surface area contributed by atoms with Gasteiger partial charge in [-0.2, -0.15) is 0 Å². The normalized spacial score (nSPS) is 16.9. The molecule has 1 aliphatic rings. The van der Waals surface area contributed by atoms with Crippen molar-refractivity contribution in [2.75, 3.05) is 13.1 Å². The lowest BCUT2D eigenvalue weighted by molar-refractivity contribution is 0.140. The third kappa shape index (κ3) is 2.64. The van der Waals surface area contributed by atoms with Crippen molar-refractivity contribution in [3.8, 4) is 0 Å². The minimum atomic E-state index is 0.236. The molecule has 1 nitrogen and oxygen atoms in total. The van der Waals surface area contributed by atoms with Crippen LogP contribution >= 0.6 is 23.2 Å². The monoisotopic (exact) mass is 291 g/mol. The largest absolute Gasteiger partial charge is 0.292 e. The van der Waals surface area contributed by atoms with Crippen molar-refractivity contribution in [1.82, 2.24) is 4.90 Å². The van der Waals surface area contributed by atoms with Gasteiger partial charge in [0.05, 0.1) is 6.04 Å². The van der Waals surface area contributed by atoms with E-state index in [9.17, 15) is 0 Å². The molecular weight excluding hydrogens is 277 g/mol. The number of hydrogen-bond donors (Lipinski definition) is 0. The molecule has 0 N–H and O–H groups in total. The molecule has 1 atom stereocenters. The van der Waals surface area contributed by atoms with E-state index in [0.717, 1.165) is 23.1 Å². The summed E-state index contributed by atoms with van der Waals surface area (Å²) in [6.45, 7) is 2.25. The number of nitrogens with zero attached hydrogens (tertiary/aromatic N) is 1. The summed E-state index contributed by atoms with van der Waals surface area (Å²) in [7, 11) is 0. The van der Waals surface area contributed by atoms with Crippen molar-refractivity contribution in [2.24, 2.45) is 0 Å². The van der Waals surface area contributed by atoms with Gasteiger partial charge in [0.2, 0.25) is 0 Å². The summed E-state index contributed by atoms with van der Waals surface area (Å²) < 4.78 is 0. The summed E-state index contributed by atoms with van der Waals surface area (Å²) in [6.07, 6.45) is 1.26. The lowest BCUT2D eigenvalue weighted by atomic mass is 9.94. The third-order valence-corrected chi connectivity index (χ3v) is 4.24. The number of halogens is 2. The Balaban J connectivity index is 2.02. The minimum Gasteiger partial charge on any atom is -0.292 e. The second-order valence-corrected chi connectivity index (χ2v) is 5.71. The highest BCUT2D eigenvalue weighted by atomic mass is 35.5. The molecule has 98 valence electrons. The van der Waals surface area contributed by atoms with E-state index in [4.69, 9.17) is 23.2 Å². The summed E-state index contributed by atoms with van der Waals surface area (Å²) in [5.41, 5.74) is 2.42. The van der Waals surface area contributed by atoms with Crippen LogP contribution in [0.2, 0.25) is 10.0 Å². The number of benzene rings is 2. The molecule has 1 fully saturated rings. The molecule has 1 heterocycles. The Labute approximate surface area is 123 Å². The second-order valence-electron chi connectivity index (χ2n) is 4.87. The molecule has 3 heteroatoms. The van der Waals surface area contributed by atoms with Crippen LogP contribution in [0.3, 0.4) is 0 Å². The van der Waals surface area contributed by atoms with Crippen LogP contribution in [0.4, 0.5) is 0 Å². The van der Waals surface area contributed by atoms with Gasteiger partial charge in [-0.1, -0.05) is 53.5 Å². The molecule has 0 radical (unpaired) electrons. The minimum absolute atomic E-state index is 0.236. The summed E-state index contributed by atoms with van der Waals surface area (Å²) in [6, 6.07) is 16.4. The Morgan fingerprint density at radius 3 is 2.16 bits per heavy atom. The van der Waals surface area contributed by atoms with Crippen molar-refractivity contribution in [3.05, 3.63) is 69.7 Å². The van der Waals surface area contributed by atoms with E-state index in [1.165, 1.54) is 17.5 Å². The molecule has 1 unspecified atom stereocenters. The summed E-state index contributed by atoms with van der Waals surface area (Å²) in [4.78, 5) is 2.45. The molecule has 3 rings (SSSR count). The van der Waals surface area contributed by atoms with Crippen molar-refractivity contribution < 1.29 is 0 Å². The zero-order valence-corrected chi connectivity index (χ0v) is 12.0. The molecule has 0 spiro atoms. The molecule has 0 saturated carbocycles. The van der Waals surface area contributed by atoms with E-state index in [2.05, 4.69) is 23.1 Å². The van der Waals surface area contributed by atoms with Crippen molar-refractivity contribution >= 4 is 23.2 Å². The molecule has 0 aromatic heterocycles. The van der Waals surface area contributed by atoms with Crippen molar-refractivity contribution in [2.45, 2.75) is 12.5 Å². The van der Waals surface area contributed by atoms with Crippen LogP contribution in [0, 0.1) is 0 Å². The molecule has 1 saturated heterocycles. The standard InChI is InChI=1S/C16H15Cl2N/c17-13-8-6-12(7-9-13)16(19-10-3-11-19)14-4-1-2-5-15(14)18/h1-2,4-9,16H,3,10-11H2. The second kappa shape index (κ2) is 5.54. The van der Waals surface area contributed by atoms with Crippen LogP contribution in [-0.4, -0.2) is 18.0 Å². The Morgan fingerprint density at radius 1 is 0.895 bits per heavy atom. The van der Waals surface area contributed by atoms with Gasteiger partial charge in [-0.25, -0.2) is 0 Å². The lowest BCUT2D eigenvalue weighted by Crippen LogP contribution is -2.40. The zero-order chi connectivity index (χ0) is 13.2. The van der Waals surface area contributed by atoms with Gasteiger partial charge in [0.25, 0.3) is 0 Å². The molecule has 0 aliphatic carbocycles. The van der Waals surface area contributed by atoms with Crippen LogP contribution < -0.4 is 0 Å². The maximum absolute atomic E-state index is 6.37. The Morgan fingerprint density at radius 2 is 1.58 bits per heavy atom. The Kier molecular flexibility index (Phi) is 3.79. The van der Waals surface area contributed by atoms with E-state index in [-0.39, 0.29) is 6.04 Å². The molecule has 0 bridgehead atoms. The van der Waals surface area contributed by atoms with Crippen molar-refractivity contribution in [1.29, 1.82) is 0 Å². The van der Waals surface area contributed by atoms with Gasteiger partial charge in [0.1, 0.15) is 0 Å². The Hall–Kier alpha value is -1.02. The zero-order valence-electron chi connectivity index (χ0n) is 10.5. The number of hydrogen-bond acceptors (Lipinski definition) is 1. The van der Waals surface area contributed by atoms with E-state index < -0.39 is 0 Å². The number of likely N-dealkylation sites (tertiary alicyclic amines) is 1. The lowest BCUT2D eigenvalue weighted by Gasteiger charge is -2.39. The van der Waals surface area contributed by atoms with E-state index >= 15 is 0 Å². The molecule has 19 heavy (non-hydrogen) atoms. The predicted octanol–water partition coefficient (Wildman–Crippen LogP) is 4.79. The Bertz CT molecular complexity index is 561. The highest BCUT2D eigenvalue weighted by Crippen LogP contribution is 2.36.